The minimum atomic E-state index is 0.620. The summed E-state index contributed by atoms with van der Waals surface area (Å²) in [5, 5.41) is 11.6. The standard InChI is InChI=1S/C42H27N3O/c1-27-39(31-10-4-2-5-11-31)44-42(45-40(27)32-12-6-3-7-13-32)33-22-20-29(21-23-33)34-24-25-36-35-14-8-9-15-37(35)46-41(36)38(34)30-18-16-28(26-43)17-19-30/h2-25H,1H3. The van der Waals surface area contributed by atoms with Crippen molar-refractivity contribution in [3.8, 4) is 62.2 Å². The summed E-state index contributed by atoms with van der Waals surface area (Å²) in [4.78, 5) is 10.2. The fourth-order valence-electron chi connectivity index (χ4n) is 6.23. The molecule has 46 heavy (non-hydrogen) atoms. The quantitative estimate of drug-likeness (QED) is 0.200. The third-order valence-electron chi connectivity index (χ3n) is 8.54. The van der Waals surface area contributed by atoms with Crippen LogP contribution < -0.4 is 0 Å². The van der Waals surface area contributed by atoms with Crippen LogP contribution in [0.3, 0.4) is 0 Å². The van der Waals surface area contributed by atoms with Gasteiger partial charge in [0.05, 0.1) is 23.0 Å². The van der Waals surface area contributed by atoms with E-state index in [4.69, 9.17) is 14.4 Å². The Morgan fingerprint density at radius 1 is 0.522 bits per heavy atom. The molecule has 2 aromatic heterocycles. The van der Waals surface area contributed by atoms with Gasteiger partial charge >= 0.3 is 0 Å². The van der Waals surface area contributed by atoms with Crippen LogP contribution in [0.1, 0.15) is 11.1 Å². The molecule has 0 spiro atoms. The summed E-state index contributed by atoms with van der Waals surface area (Å²) in [6.07, 6.45) is 0. The molecule has 0 aliphatic carbocycles. The first-order valence-electron chi connectivity index (χ1n) is 15.2. The van der Waals surface area contributed by atoms with Crippen molar-refractivity contribution in [2.24, 2.45) is 0 Å². The van der Waals surface area contributed by atoms with E-state index in [1.807, 2.05) is 78.9 Å². The maximum atomic E-state index is 9.42. The summed E-state index contributed by atoms with van der Waals surface area (Å²) in [6, 6.07) is 51.3. The van der Waals surface area contributed by atoms with Gasteiger partial charge in [0, 0.05) is 38.6 Å². The Morgan fingerprint density at radius 3 is 1.72 bits per heavy atom. The van der Waals surface area contributed by atoms with E-state index in [2.05, 4.69) is 79.7 Å². The van der Waals surface area contributed by atoms with Gasteiger partial charge in [0.15, 0.2) is 5.82 Å². The summed E-state index contributed by atoms with van der Waals surface area (Å²) in [5.41, 5.74) is 12.3. The van der Waals surface area contributed by atoms with Gasteiger partial charge in [-0.25, -0.2) is 9.97 Å². The second kappa shape index (κ2) is 11.3. The number of hydrogen-bond acceptors (Lipinski definition) is 4. The Kier molecular flexibility index (Phi) is 6.70. The number of fused-ring (bicyclic) bond motifs is 3. The Hall–Kier alpha value is -6.31. The molecule has 2 heterocycles. The average Bonchev–Trinajstić information content (AvgIpc) is 3.51. The molecule has 0 N–H and O–H groups in total. The molecule has 4 heteroatoms. The molecule has 216 valence electrons. The lowest BCUT2D eigenvalue weighted by atomic mass is 9.91. The fourth-order valence-corrected chi connectivity index (χ4v) is 6.23. The predicted octanol–water partition coefficient (Wildman–Crippen LogP) is 10.9. The van der Waals surface area contributed by atoms with E-state index in [1.165, 1.54) is 0 Å². The zero-order valence-corrected chi connectivity index (χ0v) is 25.1. The van der Waals surface area contributed by atoms with Crippen molar-refractivity contribution >= 4 is 21.9 Å². The van der Waals surface area contributed by atoms with Crippen molar-refractivity contribution in [3.05, 3.63) is 157 Å². The molecule has 0 aliphatic rings. The SMILES string of the molecule is Cc1c(-c2ccccc2)nc(-c2ccc(-c3ccc4c(oc5ccccc54)c3-c3ccc(C#N)cc3)cc2)nc1-c1ccccc1. The first-order valence-corrected chi connectivity index (χ1v) is 15.2. The molecule has 0 bridgehead atoms. The van der Waals surface area contributed by atoms with Crippen molar-refractivity contribution in [1.29, 1.82) is 5.26 Å². The van der Waals surface area contributed by atoms with Gasteiger partial charge in [-0.3, -0.25) is 0 Å². The van der Waals surface area contributed by atoms with Gasteiger partial charge in [-0.15, -0.1) is 0 Å². The molecule has 0 atom stereocenters. The van der Waals surface area contributed by atoms with Crippen molar-refractivity contribution in [2.75, 3.05) is 0 Å². The van der Waals surface area contributed by atoms with E-state index < -0.39 is 0 Å². The zero-order valence-electron chi connectivity index (χ0n) is 25.1. The molecule has 0 saturated carbocycles. The van der Waals surface area contributed by atoms with Crippen molar-refractivity contribution in [2.45, 2.75) is 6.92 Å². The van der Waals surface area contributed by atoms with Gasteiger partial charge in [-0.1, -0.05) is 121 Å². The maximum Gasteiger partial charge on any atom is 0.160 e. The molecule has 0 radical (unpaired) electrons. The first kappa shape index (κ1) is 27.3. The number of para-hydroxylation sites is 1. The number of nitrogens with zero attached hydrogens (tertiary/aromatic N) is 3. The number of furan rings is 1. The number of hydrogen-bond donors (Lipinski definition) is 0. The molecule has 8 aromatic rings. The Balaban J connectivity index is 1.28. The van der Waals surface area contributed by atoms with Crippen molar-refractivity contribution in [3.63, 3.8) is 0 Å². The fraction of sp³-hybridized carbons (Fsp3) is 0.0238. The molecule has 0 aliphatic heterocycles. The van der Waals surface area contributed by atoms with Crippen LogP contribution in [0.2, 0.25) is 0 Å². The predicted molar refractivity (Wildman–Crippen MR) is 186 cm³/mol. The lowest BCUT2D eigenvalue weighted by Crippen LogP contribution is -2.00. The maximum absolute atomic E-state index is 9.42. The minimum Gasteiger partial charge on any atom is -0.455 e. The van der Waals surface area contributed by atoms with Crippen molar-refractivity contribution < 1.29 is 4.42 Å². The monoisotopic (exact) mass is 589 g/mol. The van der Waals surface area contributed by atoms with Crippen LogP contribution >= 0.6 is 0 Å². The van der Waals surface area contributed by atoms with E-state index >= 15 is 0 Å². The summed E-state index contributed by atoms with van der Waals surface area (Å²) in [5.74, 6) is 0.676. The van der Waals surface area contributed by atoms with Crippen LogP contribution in [-0.4, -0.2) is 9.97 Å². The molecule has 4 nitrogen and oxygen atoms in total. The van der Waals surface area contributed by atoms with E-state index in [1.54, 1.807) is 0 Å². The largest absolute Gasteiger partial charge is 0.455 e. The lowest BCUT2D eigenvalue weighted by Gasteiger charge is -2.14. The number of aromatic nitrogens is 2. The minimum absolute atomic E-state index is 0.620. The highest BCUT2D eigenvalue weighted by molar-refractivity contribution is 6.12. The third kappa shape index (κ3) is 4.72. The second-order valence-corrected chi connectivity index (χ2v) is 11.3. The zero-order chi connectivity index (χ0) is 31.0. The van der Waals surface area contributed by atoms with Crippen LogP contribution in [0.5, 0.6) is 0 Å². The van der Waals surface area contributed by atoms with Gasteiger partial charge < -0.3 is 4.42 Å². The molecular formula is C42H27N3O. The number of benzene rings is 6. The molecule has 0 saturated heterocycles. The summed E-state index contributed by atoms with van der Waals surface area (Å²) in [6.45, 7) is 2.09. The van der Waals surface area contributed by atoms with Gasteiger partial charge in [-0.05, 0) is 47.9 Å². The van der Waals surface area contributed by atoms with Gasteiger partial charge in [0.25, 0.3) is 0 Å². The normalized spacial score (nSPS) is 11.1. The molecule has 0 amide bonds. The highest BCUT2D eigenvalue weighted by atomic mass is 16.3. The smallest absolute Gasteiger partial charge is 0.160 e. The Bertz CT molecular complexity index is 2340. The Morgan fingerprint density at radius 2 is 1.09 bits per heavy atom. The molecule has 8 rings (SSSR count). The Labute approximate surface area is 266 Å². The highest BCUT2D eigenvalue weighted by Gasteiger charge is 2.19. The first-order chi connectivity index (χ1) is 22.7. The highest BCUT2D eigenvalue weighted by Crippen LogP contribution is 2.42. The van der Waals surface area contributed by atoms with Gasteiger partial charge in [0.1, 0.15) is 11.2 Å². The summed E-state index contributed by atoms with van der Waals surface area (Å²) >= 11 is 0. The van der Waals surface area contributed by atoms with Crippen LogP contribution in [0.15, 0.2) is 150 Å². The number of rotatable bonds is 5. The third-order valence-corrected chi connectivity index (χ3v) is 8.54. The van der Waals surface area contributed by atoms with E-state index in [-0.39, 0.29) is 0 Å². The van der Waals surface area contributed by atoms with E-state index in [0.29, 0.717) is 11.4 Å². The van der Waals surface area contributed by atoms with Crippen LogP contribution in [-0.2, 0) is 0 Å². The van der Waals surface area contributed by atoms with Crippen LogP contribution in [0.25, 0.3) is 78.1 Å². The average molecular weight is 590 g/mol. The summed E-state index contributed by atoms with van der Waals surface area (Å²) < 4.78 is 6.49. The molecule has 0 unspecified atom stereocenters. The topological polar surface area (TPSA) is 62.7 Å². The van der Waals surface area contributed by atoms with E-state index in [0.717, 1.165) is 77.8 Å². The second-order valence-electron chi connectivity index (χ2n) is 11.3. The van der Waals surface area contributed by atoms with Crippen LogP contribution in [0, 0.1) is 18.3 Å². The summed E-state index contributed by atoms with van der Waals surface area (Å²) in [7, 11) is 0. The van der Waals surface area contributed by atoms with Gasteiger partial charge in [-0.2, -0.15) is 5.26 Å². The van der Waals surface area contributed by atoms with Crippen LogP contribution in [0.4, 0.5) is 0 Å². The van der Waals surface area contributed by atoms with E-state index in [9.17, 15) is 5.26 Å². The molecule has 0 fully saturated rings. The molecule has 6 aromatic carbocycles. The lowest BCUT2D eigenvalue weighted by molar-refractivity contribution is 0.670. The van der Waals surface area contributed by atoms with Gasteiger partial charge in [0.2, 0.25) is 0 Å². The van der Waals surface area contributed by atoms with Crippen molar-refractivity contribution in [1.82, 2.24) is 9.97 Å². The molecular weight excluding hydrogens is 562 g/mol. The number of nitriles is 1.